The first kappa shape index (κ1) is 18.6. The van der Waals surface area contributed by atoms with Crippen molar-refractivity contribution in [3.8, 4) is 5.75 Å². The van der Waals surface area contributed by atoms with Gasteiger partial charge in [0.1, 0.15) is 5.75 Å². The third kappa shape index (κ3) is 4.13. The lowest BCUT2D eigenvalue weighted by atomic mass is 10.1. The van der Waals surface area contributed by atoms with E-state index in [1.165, 1.54) is 12.7 Å². The Labute approximate surface area is 157 Å². The lowest BCUT2D eigenvalue weighted by molar-refractivity contribution is -0.115. The van der Waals surface area contributed by atoms with Crippen LogP contribution < -0.4 is 14.8 Å². The minimum Gasteiger partial charge on any atom is -0.494 e. The van der Waals surface area contributed by atoms with Crippen molar-refractivity contribution in [2.45, 2.75) is 23.5 Å². The molecule has 0 aliphatic carbocycles. The first-order valence-corrected chi connectivity index (χ1v) is 10.7. The highest BCUT2D eigenvalue weighted by molar-refractivity contribution is 8.01. The average Bonchev–Trinajstić information content (AvgIpc) is 3.07. The molecule has 2 aromatic carbocycles. The highest BCUT2D eigenvalue weighted by Crippen LogP contribution is 2.37. The minimum absolute atomic E-state index is 0.0336. The molecular weight excluding hydrogens is 372 g/mol. The van der Waals surface area contributed by atoms with Gasteiger partial charge in [0.25, 0.3) is 0 Å². The van der Waals surface area contributed by atoms with Gasteiger partial charge in [-0.25, -0.2) is 8.42 Å². The molecule has 8 heteroatoms. The number of amides is 1. The van der Waals surface area contributed by atoms with Gasteiger partial charge in [-0.1, -0.05) is 18.2 Å². The Kier molecular flexibility index (Phi) is 5.43. The number of carbonyl (C=O) groups is 1. The SMILES string of the molecule is CCS(=O)(=O)Nc1ccc(NC(=O)C2Cc3ccccc3S2)cc1OC. The van der Waals surface area contributed by atoms with Gasteiger partial charge in [0.15, 0.2) is 0 Å². The number of benzene rings is 2. The molecule has 0 spiro atoms. The van der Waals surface area contributed by atoms with E-state index in [2.05, 4.69) is 10.0 Å². The summed E-state index contributed by atoms with van der Waals surface area (Å²) in [4.78, 5) is 13.7. The Bertz CT molecular complexity index is 904. The number of nitrogens with one attached hydrogen (secondary N) is 2. The van der Waals surface area contributed by atoms with Crippen molar-refractivity contribution < 1.29 is 17.9 Å². The van der Waals surface area contributed by atoms with Crippen LogP contribution in [0.4, 0.5) is 11.4 Å². The summed E-state index contributed by atoms with van der Waals surface area (Å²) in [5, 5.41) is 2.70. The standard InChI is InChI=1S/C18H20N2O4S2/c1-3-26(22,23)20-14-9-8-13(11-15(14)24-2)19-18(21)17-10-12-6-4-5-7-16(12)25-17/h4-9,11,17,20H,3,10H2,1-2H3,(H,19,21). The van der Waals surface area contributed by atoms with Crippen molar-refractivity contribution >= 4 is 39.1 Å². The molecule has 2 aromatic rings. The first-order valence-electron chi connectivity index (χ1n) is 8.16. The third-order valence-electron chi connectivity index (χ3n) is 4.05. The zero-order valence-electron chi connectivity index (χ0n) is 14.5. The van der Waals surface area contributed by atoms with Crippen molar-refractivity contribution in [3.63, 3.8) is 0 Å². The predicted molar refractivity (Wildman–Crippen MR) is 104 cm³/mol. The Balaban J connectivity index is 1.71. The number of methoxy groups -OCH3 is 1. The fourth-order valence-corrected chi connectivity index (χ4v) is 4.49. The van der Waals surface area contributed by atoms with Crippen LogP contribution in [0.2, 0.25) is 0 Å². The first-order chi connectivity index (χ1) is 12.4. The van der Waals surface area contributed by atoms with E-state index in [9.17, 15) is 13.2 Å². The molecule has 138 valence electrons. The van der Waals surface area contributed by atoms with Gasteiger partial charge in [-0.15, -0.1) is 11.8 Å². The van der Waals surface area contributed by atoms with Crippen molar-refractivity contribution in [3.05, 3.63) is 48.0 Å². The van der Waals surface area contributed by atoms with Gasteiger partial charge in [0.05, 0.1) is 23.8 Å². The number of anilines is 2. The monoisotopic (exact) mass is 392 g/mol. The minimum atomic E-state index is -3.41. The van der Waals surface area contributed by atoms with Crippen LogP contribution >= 0.6 is 11.8 Å². The molecule has 0 saturated heterocycles. The molecule has 1 aliphatic rings. The molecule has 2 N–H and O–H groups in total. The molecule has 1 amide bonds. The highest BCUT2D eigenvalue weighted by atomic mass is 32.2. The summed E-state index contributed by atoms with van der Waals surface area (Å²) in [7, 11) is -1.95. The summed E-state index contributed by atoms with van der Waals surface area (Å²) >= 11 is 1.55. The van der Waals surface area contributed by atoms with Crippen LogP contribution in [0.25, 0.3) is 0 Å². The van der Waals surface area contributed by atoms with E-state index in [0.29, 0.717) is 23.5 Å². The van der Waals surface area contributed by atoms with Gasteiger partial charge in [-0.3, -0.25) is 9.52 Å². The van der Waals surface area contributed by atoms with Crippen LogP contribution in [0.3, 0.4) is 0 Å². The molecule has 0 saturated carbocycles. The second-order valence-corrected chi connectivity index (χ2v) is 9.08. The van der Waals surface area contributed by atoms with E-state index < -0.39 is 10.0 Å². The van der Waals surface area contributed by atoms with E-state index in [-0.39, 0.29) is 16.9 Å². The smallest absolute Gasteiger partial charge is 0.238 e. The molecule has 0 fully saturated rings. The zero-order chi connectivity index (χ0) is 18.7. The second kappa shape index (κ2) is 7.59. The summed E-state index contributed by atoms with van der Waals surface area (Å²) in [5.41, 5.74) is 2.08. The molecule has 1 atom stereocenters. The second-order valence-electron chi connectivity index (χ2n) is 5.83. The highest BCUT2D eigenvalue weighted by Gasteiger charge is 2.28. The Morgan fingerprint density at radius 3 is 2.73 bits per heavy atom. The number of rotatable bonds is 6. The summed E-state index contributed by atoms with van der Waals surface area (Å²) in [6.45, 7) is 1.56. The normalized spacial score (nSPS) is 16.0. The van der Waals surface area contributed by atoms with E-state index in [0.717, 1.165) is 4.90 Å². The Morgan fingerprint density at radius 2 is 2.04 bits per heavy atom. The van der Waals surface area contributed by atoms with Crippen LogP contribution in [0, 0.1) is 0 Å². The number of carbonyl (C=O) groups excluding carboxylic acids is 1. The summed E-state index contributed by atoms with van der Waals surface area (Å²) in [6, 6.07) is 12.8. The number of ether oxygens (including phenoxy) is 1. The number of sulfonamides is 1. The lowest BCUT2D eigenvalue weighted by Gasteiger charge is -2.14. The molecule has 1 heterocycles. The average molecular weight is 393 g/mol. The maximum atomic E-state index is 12.6. The van der Waals surface area contributed by atoms with E-state index >= 15 is 0 Å². The van der Waals surface area contributed by atoms with Gasteiger partial charge in [-0.2, -0.15) is 0 Å². The molecule has 1 aliphatic heterocycles. The number of fused-ring (bicyclic) bond motifs is 1. The van der Waals surface area contributed by atoms with Crippen molar-refractivity contribution in [1.29, 1.82) is 0 Å². The topological polar surface area (TPSA) is 84.5 Å². The molecule has 1 unspecified atom stereocenters. The fourth-order valence-electron chi connectivity index (χ4n) is 2.64. The van der Waals surface area contributed by atoms with Crippen molar-refractivity contribution in [2.75, 3.05) is 22.9 Å². The van der Waals surface area contributed by atoms with Crippen molar-refractivity contribution in [2.24, 2.45) is 0 Å². The molecule has 3 rings (SSSR count). The van der Waals surface area contributed by atoms with Crippen molar-refractivity contribution in [1.82, 2.24) is 0 Å². The fraction of sp³-hybridized carbons (Fsp3) is 0.278. The number of hydrogen-bond donors (Lipinski definition) is 2. The number of hydrogen-bond acceptors (Lipinski definition) is 5. The lowest BCUT2D eigenvalue weighted by Crippen LogP contribution is -2.24. The molecule has 0 bridgehead atoms. The predicted octanol–water partition coefficient (Wildman–Crippen LogP) is 3.11. The summed E-state index contributed by atoms with van der Waals surface area (Å²) in [5.74, 6) is 0.228. The molecule has 0 radical (unpaired) electrons. The molecule has 26 heavy (non-hydrogen) atoms. The third-order valence-corrected chi connectivity index (χ3v) is 6.66. The van der Waals surface area contributed by atoms with Gasteiger partial charge in [0, 0.05) is 16.6 Å². The largest absolute Gasteiger partial charge is 0.494 e. The summed E-state index contributed by atoms with van der Waals surface area (Å²) < 4.78 is 31.2. The van der Waals surface area contributed by atoms with Crippen LogP contribution in [-0.4, -0.2) is 32.4 Å². The Hall–Kier alpha value is -2.19. The van der Waals surface area contributed by atoms with Crippen LogP contribution in [0.5, 0.6) is 5.75 Å². The molecule has 6 nitrogen and oxygen atoms in total. The van der Waals surface area contributed by atoms with E-state index in [1.807, 2.05) is 24.3 Å². The molecular formula is C18H20N2O4S2. The van der Waals surface area contributed by atoms with Gasteiger partial charge in [-0.05, 0) is 37.1 Å². The van der Waals surface area contributed by atoms with Gasteiger partial charge >= 0.3 is 0 Å². The number of thioether (sulfide) groups is 1. The summed E-state index contributed by atoms with van der Waals surface area (Å²) in [6.07, 6.45) is 0.693. The van der Waals surface area contributed by atoms with Gasteiger partial charge in [0.2, 0.25) is 15.9 Å². The van der Waals surface area contributed by atoms with E-state index in [1.54, 1.807) is 36.9 Å². The van der Waals surface area contributed by atoms with Crippen LogP contribution in [0.1, 0.15) is 12.5 Å². The molecule has 0 aromatic heterocycles. The van der Waals surface area contributed by atoms with Gasteiger partial charge < -0.3 is 10.1 Å². The quantitative estimate of drug-likeness (QED) is 0.789. The van der Waals surface area contributed by atoms with Crippen LogP contribution in [0.15, 0.2) is 47.4 Å². The van der Waals surface area contributed by atoms with Crippen LogP contribution in [-0.2, 0) is 21.2 Å². The maximum absolute atomic E-state index is 12.6. The van der Waals surface area contributed by atoms with E-state index in [4.69, 9.17) is 4.74 Å². The Morgan fingerprint density at radius 1 is 1.27 bits per heavy atom. The maximum Gasteiger partial charge on any atom is 0.238 e. The zero-order valence-corrected chi connectivity index (χ0v) is 16.1.